The van der Waals surface area contributed by atoms with E-state index in [-0.39, 0.29) is 5.97 Å². The Balaban J connectivity index is 0.000000203. The lowest BCUT2D eigenvalue weighted by Gasteiger charge is -2.10. The summed E-state index contributed by atoms with van der Waals surface area (Å²) in [5, 5.41) is 0. The molecule has 0 aromatic heterocycles. The number of rotatable bonds is 9. The Morgan fingerprint density at radius 3 is 1.25 bits per heavy atom. The van der Waals surface area contributed by atoms with E-state index < -0.39 is 11.9 Å². The molecule has 0 fully saturated rings. The van der Waals surface area contributed by atoms with Gasteiger partial charge in [-0.3, -0.25) is 0 Å². The number of ether oxygens (including phenoxy) is 3. The summed E-state index contributed by atoms with van der Waals surface area (Å²) < 4.78 is 16.2. The fourth-order valence-corrected chi connectivity index (χ4v) is 4.96. The van der Waals surface area contributed by atoms with Crippen LogP contribution >= 0.6 is 0 Å². The summed E-state index contributed by atoms with van der Waals surface area (Å²) in [4.78, 5) is 36.8. The van der Waals surface area contributed by atoms with Gasteiger partial charge in [-0.25, -0.2) is 14.4 Å². The molecule has 6 aromatic rings. The second-order valence-electron chi connectivity index (χ2n) is 12.0. The van der Waals surface area contributed by atoms with Gasteiger partial charge in [0.25, 0.3) is 0 Å². The molecule has 6 nitrogen and oxygen atoms in total. The first-order valence-electron chi connectivity index (χ1n) is 16.6. The molecule has 0 radical (unpaired) electrons. The van der Waals surface area contributed by atoms with E-state index >= 15 is 0 Å². The third-order valence-corrected chi connectivity index (χ3v) is 8.06. The molecule has 0 saturated heterocycles. The number of hydrogen-bond acceptors (Lipinski definition) is 6. The number of carbonyl (C=O) groups is 3. The highest BCUT2D eigenvalue weighted by molar-refractivity contribution is 5.93. The standard InChI is InChI=1S/C24H20O4.C22H18O2/c1-4-18-7-9-19(10-8-18)23(25)28-22-14-11-20(15-17(22)3)24(26)27-21-12-5-16(2)6-13-21;1-3-17-6-10-20(11-7-17)22(23)24-21-14-12-19(13-15-21)18-8-4-16(2)5-9-18/h4-15H,1H2,2-3H3;3-15H,1H2,2H3. The molecule has 0 heterocycles. The van der Waals surface area contributed by atoms with Gasteiger partial charge in [0.05, 0.1) is 16.7 Å². The number of esters is 3. The molecule has 6 rings (SSSR count). The van der Waals surface area contributed by atoms with Gasteiger partial charge in [0.2, 0.25) is 0 Å². The number of hydrogen-bond donors (Lipinski definition) is 0. The monoisotopic (exact) mass is 686 g/mol. The van der Waals surface area contributed by atoms with Gasteiger partial charge in [0.1, 0.15) is 17.2 Å². The number of carbonyl (C=O) groups excluding carboxylic acids is 3. The van der Waals surface area contributed by atoms with E-state index in [1.54, 1.807) is 85.8 Å². The molecule has 0 atom stereocenters. The Hall–Kier alpha value is -6.79. The zero-order valence-corrected chi connectivity index (χ0v) is 29.3. The van der Waals surface area contributed by atoms with Gasteiger partial charge in [0.15, 0.2) is 0 Å². The van der Waals surface area contributed by atoms with Crippen LogP contribution in [0.4, 0.5) is 0 Å². The molecule has 258 valence electrons. The van der Waals surface area contributed by atoms with Crippen LogP contribution in [0.15, 0.2) is 153 Å². The van der Waals surface area contributed by atoms with E-state index in [2.05, 4.69) is 44.3 Å². The first kappa shape index (κ1) is 36.5. The molecule has 0 bridgehead atoms. The van der Waals surface area contributed by atoms with Crippen LogP contribution in [0.2, 0.25) is 0 Å². The van der Waals surface area contributed by atoms with Gasteiger partial charge in [-0.1, -0.05) is 109 Å². The van der Waals surface area contributed by atoms with E-state index in [1.165, 1.54) is 5.56 Å². The third kappa shape index (κ3) is 9.89. The number of benzene rings is 6. The van der Waals surface area contributed by atoms with Crippen LogP contribution < -0.4 is 14.2 Å². The average molecular weight is 687 g/mol. The molecule has 6 heteroatoms. The van der Waals surface area contributed by atoms with E-state index in [0.29, 0.717) is 39.5 Å². The predicted octanol–water partition coefficient (Wildman–Crippen LogP) is 10.9. The maximum absolute atomic E-state index is 12.3. The minimum Gasteiger partial charge on any atom is -0.423 e. The Labute approximate surface area is 304 Å². The molecule has 0 aliphatic carbocycles. The Morgan fingerprint density at radius 2 is 0.808 bits per heavy atom. The lowest BCUT2D eigenvalue weighted by atomic mass is 10.0. The molecular weight excluding hydrogens is 648 g/mol. The zero-order valence-electron chi connectivity index (χ0n) is 29.3. The van der Waals surface area contributed by atoms with Crippen molar-refractivity contribution in [3.63, 3.8) is 0 Å². The third-order valence-electron chi connectivity index (χ3n) is 8.06. The van der Waals surface area contributed by atoms with E-state index in [9.17, 15) is 14.4 Å². The first-order valence-corrected chi connectivity index (χ1v) is 16.6. The van der Waals surface area contributed by atoms with Crippen molar-refractivity contribution in [1.29, 1.82) is 0 Å². The van der Waals surface area contributed by atoms with Crippen LogP contribution in [0.5, 0.6) is 17.2 Å². The fraction of sp³-hybridized carbons (Fsp3) is 0.0652. The maximum Gasteiger partial charge on any atom is 0.343 e. The molecule has 0 unspecified atom stereocenters. The van der Waals surface area contributed by atoms with Crippen LogP contribution in [-0.2, 0) is 0 Å². The molecule has 52 heavy (non-hydrogen) atoms. The molecule has 0 N–H and O–H groups in total. The van der Waals surface area contributed by atoms with Crippen molar-refractivity contribution in [3.05, 3.63) is 197 Å². The van der Waals surface area contributed by atoms with Crippen LogP contribution in [0, 0.1) is 20.8 Å². The number of aryl methyl sites for hydroxylation is 3. The highest BCUT2D eigenvalue weighted by Gasteiger charge is 2.14. The van der Waals surface area contributed by atoms with Crippen molar-refractivity contribution < 1.29 is 28.6 Å². The van der Waals surface area contributed by atoms with Gasteiger partial charge in [-0.2, -0.15) is 0 Å². The normalized spacial score (nSPS) is 10.2. The smallest absolute Gasteiger partial charge is 0.343 e. The molecule has 0 amide bonds. The molecular formula is C46H38O6. The first-order chi connectivity index (χ1) is 25.1. The summed E-state index contributed by atoms with van der Waals surface area (Å²) in [5.74, 6) is 0.104. The van der Waals surface area contributed by atoms with Crippen LogP contribution in [0.25, 0.3) is 23.3 Å². The van der Waals surface area contributed by atoms with Gasteiger partial charge in [0, 0.05) is 0 Å². The lowest BCUT2D eigenvalue weighted by molar-refractivity contribution is 0.0723. The quantitative estimate of drug-likeness (QED) is 0.111. The molecule has 0 saturated carbocycles. The van der Waals surface area contributed by atoms with E-state index in [1.807, 2.05) is 55.5 Å². The van der Waals surface area contributed by atoms with Gasteiger partial charge in [-0.15, -0.1) is 0 Å². The minimum absolute atomic E-state index is 0.367. The van der Waals surface area contributed by atoms with Crippen molar-refractivity contribution in [1.82, 2.24) is 0 Å². The van der Waals surface area contributed by atoms with Crippen molar-refractivity contribution >= 4 is 30.1 Å². The van der Waals surface area contributed by atoms with Crippen molar-refractivity contribution in [2.75, 3.05) is 0 Å². The summed E-state index contributed by atoms with van der Waals surface area (Å²) >= 11 is 0. The second kappa shape index (κ2) is 17.2. The summed E-state index contributed by atoms with van der Waals surface area (Å²) in [6.07, 6.45) is 3.44. The highest BCUT2D eigenvalue weighted by Crippen LogP contribution is 2.24. The second-order valence-corrected chi connectivity index (χ2v) is 12.0. The Bertz CT molecular complexity index is 2180. The maximum atomic E-state index is 12.3. The Kier molecular flexibility index (Phi) is 12.1. The lowest BCUT2D eigenvalue weighted by Crippen LogP contribution is -2.11. The van der Waals surface area contributed by atoms with Gasteiger partial charge < -0.3 is 14.2 Å². The van der Waals surface area contributed by atoms with Crippen molar-refractivity contribution in [2.24, 2.45) is 0 Å². The Morgan fingerprint density at radius 1 is 0.442 bits per heavy atom. The predicted molar refractivity (Wildman–Crippen MR) is 207 cm³/mol. The van der Waals surface area contributed by atoms with E-state index in [4.69, 9.17) is 14.2 Å². The van der Waals surface area contributed by atoms with Crippen molar-refractivity contribution in [2.45, 2.75) is 20.8 Å². The SMILES string of the molecule is C=Cc1ccc(C(=O)Oc2ccc(-c3ccc(C)cc3)cc2)cc1.C=Cc1ccc(C(=O)Oc2ccc(C(=O)Oc3ccc(C)cc3)cc2C)cc1. The largest absolute Gasteiger partial charge is 0.423 e. The van der Waals surface area contributed by atoms with Gasteiger partial charge in [-0.05, 0) is 115 Å². The average Bonchev–Trinajstić information content (AvgIpc) is 3.17. The van der Waals surface area contributed by atoms with Crippen molar-refractivity contribution in [3.8, 4) is 28.4 Å². The molecule has 0 spiro atoms. The highest BCUT2D eigenvalue weighted by atomic mass is 16.5. The summed E-state index contributed by atoms with van der Waals surface area (Å²) in [6, 6.07) is 42.0. The molecule has 6 aromatic carbocycles. The van der Waals surface area contributed by atoms with Crippen LogP contribution in [-0.4, -0.2) is 17.9 Å². The van der Waals surface area contributed by atoms with E-state index in [0.717, 1.165) is 27.8 Å². The molecule has 0 aliphatic rings. The summed E-state index contributed by atoms with van der Waals surface area (Å²) in [5.41, 5.74) is 8.42. The van der Waals surface area contributed by atoms with Crippen LogP contribution in [0.1, 0.15) is 58.9 Å². The topological polar surface area (TPSA) is 78.9 Å². The summed E-state index contributed by atoms with van der Waals surface area (Å²) in [6.45, 7) is 13.2. The molecule has 0 aliphatic heterocycles. The zero-order chi connectivity index (χ0) is 37.0. The van der Waals surface area contributed by atoms with Crippen LogP contribution in [0.3, 0.4) is 0 Å². The fourth-order valence-electron chi connectivity index (χ4n) is 4.96. The minimum atomic E-state index is -0.468. The summed E-state index contributed by atoms with van der Waals surface area (Å²) in [7, 11) is 0. The van der Waals surface area contributed by atoms with Gasteiger partial charge >= 0.3 is 17.9 Å².